The van der Waals surface area contributed by atoms with Gasteiger partial charge >= 0.3 is 5.97 Å². The predicted octanol–water partition coefficient (Wildman–Crippen LogP) is 1.15. The molecule has 0 unspecified atom stereocenters. The van der Waals surface area contributed by atoms with Crippen LogP contribution in [-0.4, -0.2) is 19.0 Å². The van der Waals surface area contributed by atoms with Crippen LogP contribution in [-0.2, 0) is 14.3 Å². The van der Waals surface area contributed by atoms with E-state index < -0.39 is 5.97 Å². The highest BCUT2D eigenvalue weighted by Gasteiger charge is 2.10. The second kappa shape index (κ2) is 5.96. The first-order chi connectivity index (χ1) is 6.51. The van der Waals surface area contributed by atoms with Crippen molar-refractivity contribution in [1.82, 2.24) is 5.32 Å². The molecule has 0 bridgehead atoms. The van der Waals surface area contributed by atoms with Crippen molar-refractivity contribution in [3.63, 3.8) is 0 Å². The van der Waals surface area contributed by atoms with Gasteiger partial charge in [-0.3, -0.25) is 4.79 Å². The van der Waals surface area contributed by atoms with Crippen molar-refractivity contribution >= 4 is 11.9 Å². The Morgan fingerprint density at radius 2 is 1.86 bits per heavy atom. The fraction of sp³-hybridized carbons (Fsp3) is 0.400. The van der Waals surface area contributed by atoms with Crippen molar-refractivity contribution in [2.45, 2.75) is 20.8 Å². The lowest BCUT2D eigenvalue weighted by molar-refractivity contribution is -0.137. The molecule has 14 heavy (non-hydrogen) atoms. The quantitative estimate of drug-likeness (QED) is 0.419. The van der Waals surface area contributed by atoms with Gasteiger partial charge in [-0.05, 0) is 19.9 Å². The maximum Gasteiger partial charge on any atom is 0.354 e. The SMILES string of the molecule is C/C=C(C)/C=C(\NC(C)=O)C(=O)OC. The van der Waals surface area contributed by atoms with Crippen molar-refractivity contribution in [1.29, 1.82) is 0 Å². The topological polar surface area (TPSA) is 55.4 Å². The zero-order valence-corrected chi connectivity index (χ0v) is 8.88. The van der Waals surface area contributed by atoms with Crippen molar-refractivity contribution in [2.75, 3.05) is 7.11 Å². The Bertz CT molecular complexity index is 290. The number of allylic oxidation sites excluding steroid dienone is 3. The van der Waals surface area contributed by atoms with Gasteiger partial charge in [0.2, 0.25) is 5.91 Å². The normalized spacial score (nSPS) is 12.3. The Morgan fingerprint density at radius 1 is 1.29 bits per heavy atom. The average Bonchev–Trinajstić information content (AvgIpc) is 2.14. The lowest BCUT2D eigenvalue weighted by atomic mass is 10.2. The smallest absolute Gasteiger partial charge is 0.354 e. The van der Waals surface area contributed by atoms with Gasteiger partial charge in [0, 0.05) is 6.92 Å². The van der Waals surface area contributed by atoms with Crippen LogP contribution < -0.4 is 5.32 Å². The van der Waals surface area contributed by atoms with E-state index in [1.165, 1.54) is 14.0 Å². The van der Waals surface area contributed by atoms with Crippen molar-refractivity contribution in [3.05, 3.63) is 23.4 Å². The molecule has 78 valence electrons. The summed E-state index contributed by atoms with van der Waals surface area (Å²) in [7, 11) is 1.27. The van der Waals surface area contributed by atoms with E-state index in [1.54, 1.807) is 6.08 Å². The summed E-state index contributed by atoms with van der Waals surface area (Å²) >= 11 is 0. The fourth-order valence-electron chi connectivity index (χ4n) is 0.757. The number of amides is 1. The third-order valence-corrected chi connectivity index (χ3v) is 1.54. The molecule has 0 saturated heterocycles. The molecular weight excluding hydrogens is 182 g/mol. The molecule has 1 N–H and O–H groups in total. The first kappa shape index (κ1) is 12.4. The molecule has 0 aromatic carbocycles. The Balaban J connectivity index is 4.80. The Labute approximate surface area is 83.6 Å². The summed E-state index contributed by atoms with van der Waals surface area (Å²) < 4.78 is 4.51. The summed E-state index contributed by atoms with van der Waals surface area (Å²) in [6.45, 7) is 5.00. The molecular formula is C10H15NO3. The standard InChI is InChI=1S/C10H15NO3/c1-5-7(2)6-9(10(13)14-4)11-8(3)12/h5-6H,1-4H3,(H,11,12)/b7-5+,9-6-. The number of hydrogen-bond acceptors (Lipinski definition) is 3. The summed E-state index contributed by atoms with van der Waals surface area (Å²) in [5.41, 5.74) is 1.02. The molecule has 0 saturated carbocycles. The minimum atomic E-state index is -0.554. The number of methoxy groups -OCH3 is 1. The van der Waals surface area contributed by atoms with Gasteiger partial charge in [0.15, 0.2) is 0 Å². The second-order valence-corrected chi connectivity index (χ2v) is 2.76. The van der Waals surface area contributed by atoms with Gasteiger partial charge in [-0.1, -0.05) is 11.6 Å². The number of rotatable bonds is 3. The molecule has 0 aromatic rings. The van der Waals surface area contributed by atoms with Gasteiger partial charge in [-0.25, -0.2) is 4.79 Å². The monoisotopic (exact) mass is 197 g/mol. The predicted molar refractivity (Wildman–Crippen MR) is 53.3 cm³/mol. The third kappa shape index (κ3) is 4.45. The number of carbonyl (C=O) groups excluding carboxylic acids is 2. The zero-order chi connectivity index (χ0) is 11.1. The minimum absolute atomic E-state index is 0.149. The number of hydrogen-bond donors (Lipinski definition) is 1. The first-order valence-corrected chi connectivity index (χ1v) is 4.21. The van der Waals surface area contributed by atoms with Crippen LogP contribution in [0.1, 0.15) is 20.8 Å². The van der Waals surface area contributed by atoms with E-state index in [2.05, 4.69) is 10.1 Å². The van der Waals surface area contributed by atoms with Crippen LogP contribution >= 0.6 is 0 Å². The minimum Gasteiger partial charge on any atom is -0.464 e. The number of carbonyl (C=O) groups is 2. The van der Waals surface area contributed by atoms with Crippen LogP contribution in [0.3, 0.4) is 0 Å². The van der Waals surface area contributed by atoms with Crippen LogP contribution in [0.5, 0.6) is 0 Å². The molecule has 0 atom stereocenters. The lowest BCUT2D eigenvalue weighted by Crippen LogP contribution is -2.25. The van der Waals surface area contributed by atoms with Crippen LogP contribution in [0.2, 0.25) is 0 Å². The Kier molecular flexibility index (Phi) is 5.29. The average molecular weight is 197 g/mol. The highest BCUT2D eigenvalue weighted by atomic mass is 16.5. The molecule has 0 aliphatic heterocycles. The highest BCUT2D eigenvalue weighted by molar-refractivity contribution is 5.93. The van der Waals surface area contributed by atoms with E-state index in [0.717, 1.165) is 5.57 Å². The van der Waals surface area contributed by atoms with E-state index in [0.29, 0.717) is 0 Å². The number of esters is 1. The van der Waals surface area contributed by atoms with Crippen LogP contribution in [0.25, 0.3) is 0 Å². The van der Waals surface area contributed by atoms with Crippen LogP contribution in [0.15, 0.2) is 23.4 Å². The molecule has 0 fully saturated rings. The molecule has 0 spiro atoms. The van der Waals surface area contributed by atoms with Gasteiger partial charge < -0.3 is 10.1 Å². The van der Waals surface area contributed by atoms with Gasteiger partial charge in [0.25, 0.3) is 0 Å². The molecule has 0 aliphatic carbocycles. The molecule has 4 heteroatoms. The van der Waals surface area contributed by atoms with E-state index in [1.807, 2.05) is 19.9 Å². The van der Waals surface area contributed by atoms with E-state index in [9.17, 15) is 9.59 Å². The van der Waals surface area contributed by atoms with E-state index >= 15 is 0 Å². The van der Waals surface area contributed by atoms with Crippen LogP contribution in [0.4, 0.5) is 0 Å². The maximum absolute atomic E-state index is 11.2. The van der Waals surface area contributed by atoms with Crippen molar-refractivity contribution in [3.8, 4) is 0 Å². The number of nitrogens with one attached hydrogen (secondary N) is 1. The summed E-state index contributed by atoms with van der Waals surface area (Å²) in [4.78, 5) is 21.9. The zero-order valence-electron chi connectivity index (χ0n) is 8.88. The Morgan fingerprint density at radius 3 is 2.21 bits per heavy atom. The highest BCUT2D eigenvalue weighted by Crippen LogP contribution is 2.01. The molecule has 1 amide bonds. The molecule has 0 aromatic heterocycles. The van der Waals surface area contributed by atoms with Gasteiger partial charge in [0.05, 0.1) is 7.11 Å². The maximum atomic E-state index is 11.2. The molecule has 4 nitrogen and oxygen atoms in total. The number of ether oxygens (including phenoxy) is 1. The van der Waals surface area contributed by atoms with Gasteiger partial charge in [0.1, 0.15) is 5.70 Å². The van der Waals surface area contributed by atoms with Gasteiger partial charge in [-0.15, -0.1) is 0 Å². The molecule has 0 aliphatic rings. The summed E-state index contributed by atoms with van der Waals surface area (Å²) in [5.74, 6) is -0.855. The first-order valence-electron chi connectivity index (χ1n) is 4.21. The van der Waals surface area contributed by atoms with Crippen molar-refractivity contribution in [2.24, 2.45) is 0 Å². The summed E-state index contributed by atoms with van der Waals surface area (Å²) in [5, 5.41) is 2.40. The van der Waals surface area contributed by atoms with E-state index in [-0.39, 0.29) is 11.6 Å². The van der Waals surface area contributed by atoms with Crippen LogP contribution in [0, 0.1) is 0 Å². The second-order valence-electron chi connectivity index (χ2n) is 2.76. The van der Waals surface area contributed by atoms with E-state index in [4.69, 9.17) is 0 Å². The summed E-state index contributed by atoms with van der Waals surface area (Å²) in [6.07, 6.45) is 3.39. The molecule has 0 rings (SSSR count). The Hall–Kier alpha value is -1.58. The van der Waals surface area contributed by atoms with Crippen molar-refractivity contribution < 1.29 is 14.3 Å². The fourth-order valence-corrected chi connectivity index (χ4v) is 0.757. The lowest BCUT2D eigenvalue weighted by Gasteiger charge is -2.05. The summed E-state index contributed by atoms with van der Waals surface area (Å²) in [6, 6.07) is 0. The molecule has 0 radical (unpaired) electrons. The third-order valence-electron chi connectivity index (χ3n) is 1.54. The largest absolute Gasteiger partial charge is 0.464 e. The van der Waals surface area contributed by atoms with Gasteiger partial charge in [-0.2, -0.15) is 0 Å². The molecule has 0 heterocycles.